The van der Waals surface area contributed by atoms with Gasteiger partial charge in [-0.15, -0.1) is 0 Å². The first kappa shape index (κ1) is 9.84. The summed E-state index contributed by atoms with van der Waals surface area (Å²) in [4.78, 5) is 17.2. The van der Waals surface area contributed by atoms with E-state index in [9.17, 15) is 4.79 Å². The maximum Gasteiger partial charge on any atom is 0.251 e. The van der Waals surface area contributed by atoms with Crippen LogP contribution in [0.4, 0.5) is 0 Å². The van der Waals surface area contributed by atoms with Gasteiger partial charge in [0.25, 0.3) is 5.56 Å². The van der Waals surface area contributed by atoms with E-state index >= 15 is 0 Å². The molecule has 0 amide bonds. The molecule has 0 bridgehead atoms. The van der Waals surface area contributed by atoms with Crippen LogP contribution in [0.5, 0.6) is 0 Å². The van der Waals surface area contributed by atoms with Gasteiger partial charge >= 0.3 is 0 Å². The number of hydrogen-bond acceptors (Lipinski definition) is 2. The minimum absolute atomic E-state index is 0.133. The van der Waals surface area contributed by atoms with E-state index in [2.05, 4.69) is 9.97 Å². The minimum atomic E-state index is -1.64. The third-order valence-electron chi connectivity index (χ3n) is 1.15. The molecule has 1 rings (SSSR count). The van der Waals surface area contributed by atoms with Crippen molar-refractivity contribution in [1.29, 1.82) is 0 Å². The summed E-state index contributed by atoms with van der Waals surface area (Å²) in [6, 6.07) is 1.15. The number of alkyl halides is 3. The van der Waals surface area contributed by atoms with Gasteiger partial charge in [0.1, 0.15) is 5.82 Å². The Morgan fingerprint density at radius 1 is 1.50 bits per heavy atom. The first-order valence-electron chi connectivity index (χ1n) is 3.05. The van der Waals surface area contributed by atoms with Crippen LogP contribution in [0.2, 0.25) is 0 Å². The van der Waals surface area contributed by atoms with Gasteiger partial charge in [0.15, 0.2) is 0 Å². The summed E-state index contributed by atoms with van der Waals surface area (Å²) in [6.07, 6.45) is 0. The third-order valence-corrected chi connectivity index (χ3v) is 1.73. The summed E-state index contributed by atoms with van der Waals surface area (Å²) in [5, 5.41) is 0. The predicted molar refractivity (Wildman–Crippen MR) is 48.8 cm³/mol. The molecule has 0 spiro atoms. The molecule has 0 aliphatic heterocycles. The zero-order valence-electron chi connectivity index (χ0n) is 6.07. The molecule has 0 saturated heterocycles. The number of aromatic amines is 1. The Morgan fingerprint density at radius 2 is 2.08 bits per heavy atom. The third kappa shape index (κ3) is 2.37. The van der Waals surface area contributed by atoms with Gasteiger partial charge in [-0.2, -0.15) is 0 Å². The second-order valence-electron chi connectivity index (χ2n) is 2.21. The highest BCUT2D eigenvalue weighted by Crippen LogP contribution is 2.35. The standard InChI is InChI=1S/C6H5Cl3N2O/c1-3-10-4(6(7,8)9)2-5(12)11-3/h2H,1H3,(H,10,11,12). The highest BCUT2D eigenvalue weighted by Gasteiger charge is 2.25. The maximum absolute atomic E-state index is 10.9. The molecule has 1 aromatic heterocycles. The summed E-state index contributed by atoms with van der Waals surface area (Å²) in [5.74, 6) is 0.420. The molecule has 1 aromatic rings. The SMILES string of the molecule is Cc1nc(C(Cl)(Cl)Cl)cc(=O)[nH]1. The lowest BCUT2D eigenvalue weighted by Gasteiger charge is -2.09. The van der Waals surface area contributed by atoms with Crippen molar-refractivity contribution in [2.45, 2.75) is 10.7 Å². The largest absolute Gasteiger partial charge is 0.311 e. The monoisotopic (exact) mass is 226 g/mol. The molecule has 3 nitrogen and oxygen atoms in total. The maximum atomic E-state index is 10.9. The predicted octanol–water partition coefficient (Wildman–Crippen LogP) is 1.91. The Bertz CT molecular complexity index is 341. The van der Waals surface area contributed by atoms with Crippen molar-refractivity contribution >= 4 is 34.8 Å². The number of nitrogens with one attached hydrogen (secondary N) is 1. The van der Waals surface area contributed by atoms with Gasteiger partial charge in [0.05, 0.1) is 5.69 Å². The van der Waals surface area contributed by atoms with Crippen molar-refractivity contribution in [2.75, 3.05) is 0 Å². The Kier molecular flexibility index (Phi) is 2.66. The molecular weight excluding hydrogens is 222 g/mol. The normalized spacial score (nSPS) is 11.7. The van der Waals surface area contributed by atoms with Gasteiger partial charge in [-0.1, -0.05) is 34.8 Å². The van der Waals surface area contributed by atoms with E-state index in [0.717, 1.165) is 6.07 Å². The minimum Gasteiger partial charge on any atom is -0.311 e. The summed E-state index contributed by atoms with van der Waals surface area (Å²) in [5.41, 5.74) is -0.197. The smallest absolute Gasteiger partial charge is 0.251 e. The van der Waals surface area contributed by atoms with Crippen LogP contribution < -0.4 is 5.56 Å². The van der Waals surface area contributed by atoms with Gasteiger partial charge in [0, 0.05) is 6.07 Å². The van der Waals surface area contributed by atoms with Gasteiger partial charge in [-0.25, -0.2) is 4.98 Å². The van der Waals surface area contributed by atoms with E-state index in [1.54, 1.807) is 6.92 Å². The van der Waals surface area contributed by atoms with Gasteiger partial charge < -0.3 is 4.98 Å². The second kappa shape index (κ2) is 3.24. The lowest BCUT2D eigenvalue weighted by atomic mass is 10.4. The molecular formula is C6H5Cl3N2O. The molecule has 0 radical (unpaired) electrons. The molecule has 0 aliphatic rings. The van der Waals surface area contributed by atoms with Crippen LogP contribution in [0.15, 0.2) is 10.9 Å². The van der Waals surface area contributed by atoms with Crippen molar-refractivity contribution < 1.29 is 0 Å². The summed E-state index contributed by atoms with van der Waals surface area (Å²) in [7, 11) is 0. The number of hydrogen-bond donors (Lipinski definition) is 1. The fourth-order valence-corrected chi connectivity index (χ4v) is 1.02. The lowest BCUT2D eigenvalue weighted by molar-refractivity contribution is 0.945. The van der Waals surface area contributed by atoms with Gasteiger partial charge in [-0.3, -0.25) is 4.79 Å². The summed E-state index contributed by atoms with van der Waals surface area (Å²) < 4.78 is -1.64. The lowest BCUT2D eigenvalue weighted by Crippen LogP contribution is -2.15. The number of aryl methyl sites for hydroxylation is 1. The zero-order valence-corrected chi connectivity index (χ0v) is 8.33. The second-order valence-corrected chi connectivity index (χ2v) is 4.50. The molecule has 0 saturated carbocycles. The summed E-state index contributed by atoms with van der Waals surface area (Å²) in [6.45, 7) is 1.61. The van der Waals surface area contributed by atoms with Crippen LogP contribution in [-0.2, 0) is 3.79 Å². The van der Waals surface area contributed by atoms with E-state index in [1.165, 1.54) is 0 Å². The van der Waals surface area contributed by atoms with E-state index in [4.69, 9.17) is 34.8 Å². The average Bonchev–Trinajstić information content (AvgIpc) is 1.82. The Morgan fingerprint density at radius 3 is 2.50 bits per heavy atom. The highest BCUT2D eigenvalue weighted by molar-refractivity contribution is 6.66. The molecule has 66 valence electrons. The molecule has 0 aromatic carbocycles. The Balaban J connectivity index is 3.27. The van der Waals surface area contributed by atoms with Crippen molar-refractivity contribution in [3.8, 4) is 0 Å². The fraction of sp³-hybridized carbons (Fsp3) is 0.333. The number of rotatable bonds is 0. The molecule has 0 fully saturated rings. The topological polar surface area (TPSA) is 45.8 Å². The van der Waals surface area contributed by atoms with E-state index in [0.29, 0.717) is 5.82 Å². The Labute approximate surface area is 83.7 Å². The van der Waals surface area contributed by atoms with E-state index < -0.39 is 3.79 Å². The van der Waals surface area contributed by atoms with Gasteiger partial charge in [-0.05, 0) is 6.92 Å². The van der Waals surface area contributed by atoms with Crippen LogP contribution in [0.3, 0.4) is 0 Å². The number of H-pyrrole nitrogens is 1. The first-order chi connectivity index (χ1) is 5.39. The molecule has 0 aliphatic carbocycles. The number of halogens is 3. The number of nitrogens with zero attached hydrogens (tertiary/aromatic N) is 1. The van der Waals surface area contributed by atoms with Crippen molar-refractivity contribution in [3.63, 3.8) is 0 Å². The quantitative estimate of drug-likeness (QED) is 0.688. The van der Waals surface area contributed by atoms with Crippen LogP contribution in [0.25, 0.3) is 0 Å². The average molecular weight is 227 g/mol. The Hall–Kier alpha value is -0.250. The highest BCUT2D eigenvalue weighted by atomic mass is 35.6. The van der Waals surface area contributed by atoms with Crippen molar-refractivity contribution in [3.05, 3.63) is 27.9 Å². The van der Waals surface area contributed by atoms with Crippen LogP contribution >= 0.6 is 34.8 Å². The van der Waals surface area contributed by atoms with Gasteiger partial charge in [0.2, 0.25) is 3.79 Å². The molecule has 0 unspecified atom stereocenters. The molecule has 6 heteroatoms. The van der Waals surface area contributed by atoms with Crippen molar-refractivity contribution in [2.24, 2.45) is 0 Å². The molecule has 12 heavy (non-hydrogen) atoms. The molecule has 1 heterocycles. The summed E-state index contributed by atoms with van der Waals surface area (Å²) >= 11 is 16.6. The first-order valence-corrected chi connectivity index (χ1v) is 4.18. The van der Waals surface area contributed by atoms with Crippen molar-refractivity contribution in [1.82, 2.24) is 9.97 Å². The number of aromatic nitrogens is 2. The fourth-order valence-electron chi connectivity index (χ4n) is 0.725. The van der Waals surface area contributed by atoms with Crippen LogP contribution in [0.1, 0.15) is 11.5 Å². The van der Waals surface area contributed by atoms with E-state index in [-0.39, 0.29) is 11.3 Å². The molecule has 1 N–H and O–H groups in total. The zero-order chi connectivity index (χ0) is 9.35. The van der Waals surface area contributed by atoms with E-state index in [1.807, 2.05) is 0 Å². The molecule has 0 atom stereocenters. The van der Waals surface area contributed by atoms with Crippen LogP contribution in [0, 0.1) is 6.92 Å². The van der Waals surface area contributed by atoms with Crippen LogP contribution in [-0.4, -0.2) is 9.97 Å².